The first kappa shape index (κ1) is 12.6. The Morgan fingerprint density at radius 1 is 1.06 bits per heavy atom. The van der Waals surface area contributed by atoms with Gasteiger partial charge in [0.25, 0.3) is 0 Å². The van der Waals surface area contributed by atoms with Gasteiger partial charge in [-0.15, -0.1) is 0 Å². The van der Waals surface area contributed by atoms with Gasteiger partial charge in [-0.1, -0.05) is 18.2 Å². The Morgan fingerprint density at radius 2 is 1.72 bits per heavy atom. The summed E-state index contributed by atoms with van der Waals surface area (Å²) in [6, 6.07) is 14.7. The Kier molecular flexibility index (Phi) is 3.95. The molecule has 2 rings (SSSR count). The van der Waals surface area contributed by atoms with Crippen LogP contribution in [0.15, 0.2) is 48.5 Å². The summed E-state index contributed by atoms with van der Waals surface area (Å²) in [6.45, 7) is 0.807. The van der Waals surface area contributed by atoms with Crippen molar-refractivity contribution >= 4 is 11.4 Å². The molecule has 2 aromatic carbocycles. The van der Waals surface area contributed by atoms with E-state index in [-0.39, 0.29) is 5.82 Å². The maximum absolute atomic E-state index is 12.9. The summed E-state index contributed by atoms with van der Waals surface area (Å²) >= 11 is 0. The van der Waals surface area contributed by atoms with Crippen LogP contribution in [0, 0.1) is 5.82 Å². The van der Waals surface area contributed by atoms with Crippen LogP contribution < -0.4 is 10.2 Å². The Morgan fingerprint density at radius 3 is 2.39 bits per heavy atom. The van der Waals surface area contributed by atoms with Crippen molar-refractivity contribution in [3.8, 4) is 0 Å². The van der Waals surface area contributed by atoms with Crippen LogP contribution >= 0.6 is 0 Å². The average Bonchev–Trinajstić information content (AvgIpc) is 2.40. The lowest BCUT2D eigenvalue weighted by Gasteiger charge is -2.22. The molecule has 1 N–H and O–H groups in total. The molecule has 0 spiro atoms. The van der Waals surface area contributed by atoms with E-state index in [2.05, 4.69) is 22.3 Å². The number of benzene rings is 2. The second kappa shape index (κ2) is 5.65. The first-order valence-electron chi connectivity index (χ1n) is 5.94. The molecule has 0 unspecified atom stereocenters. The number of rotatable bonds is 4. The van der Waals surface area contributed by atoms with Gasteiger partial charge in [0.1, 0.15) is 5.82 Å². The molecule has 2 nitrogen and oxygen atoms in total. The van der Waals surface area contributed by atoms with Crippen LogP contribution in [0.5, 0.6) is 0 Å². The van der Waals surface area contributed by atoms with Crippen LogP contribution in [0.1, 0.15) is 5.56 Å². The molecule has 0 aliphatic heterocycles. The number of nitrogens with zero attached hydrogens (tertiary/aromatic N) is 1. The number of para-hydroxylation sites is 1. The van der Waals surface area contributed by atoms with Crippen LogP contribution in [0.2, 0.25) is 0 Å². The largest absolute Gasteiger partial charge is 0.344 e. The Balaban J connectivity index is 2.33. The standard InChI is InChI=1S/C15H17FN2/c1-17-11-12-5-3-4-6-15(12)18(2)14-9-7-13(16)8-10-14/h3-10,17H,11H2,1-2H3. The molecule has 0 atom stereocenters. The molecule has 0 amide bonds. The third-order valence-electron chi connectivity index (χ3n) is 2.93. The minimum absolute atomic E-state index is 0.212. The second-order valence-electron chi connectivity index (χ2n) is 4.19. The minimum Gasteiger partial charge on any atom is -0.344 e. The lowest BCUT2D eigenvalue weighted by molar-refractivity contribution is 0.628. The van der Waals surface area contributed by atoms with E-state index in [1.807, 2.05) is 26.2 Å². The maximum atomic E-state index is 12.9. The fourth-order valence-corrected chi connectivity index (χ4v) is 1.98. The fraction of sp³-hybridized carbons (Fsp3) is 0.200. The van der Waals surface area contributed by atoms with Gasteiger partial charge in [0.2, 0.25) is 0 Å². The number of anilines is 2. The molecule has 0 bridgehead atoms. The second-order valence-corrected chi connectivity index (χ2v) is 4.19. The van der Waals surface area contributed by atoms with Gasteiger partial charge in [-0.3, -0.25) is 0 Å². The van der Waals surface area contributed by atoms with Gasteiger partial charge in [0, 0.05) is 25.0 Å². The van der Waals surface area contributed by atoms with Crippen LogP contribution in [0.3, 0.4) is 0 Å². The van der Waals surface area contributed by atoms with Gasteiger partial charge in [0.15, 0.2) is 0 Å². The molecule has 0 saturated carbocycles. The Labute approximate surface area is 107 Å². The van der Waals surface area contributed by atoms with Crippen LogP contribution in [-0.4, -0.2) is 14.1 Å². The number of hydrogen-bond acceptors (Lipinski definition) is 2. The highest BCUT2D eigenvalue weighted by molar-refractivity contribution is 5.65. The normalized spacial score (nSPS) is 10.4. The van der Waals surface area contributed by atoms with Crippen molar-refractivity contribution in [3.05, 3.63) is 59.9 Å². The molecule has 0 saturated heterocycles. The topological polar surface area (TPSA) is 15.3 Å². The third kappa shape index (κ3) is 2.68. The quantitative estimate of drug-likeness (QED) is 0.887. The molecule has 2 aromatic rings. The van der Waals surface area contributed by atoms with Crippen molar-refractivity contribution in [2.45, 2.75) is 6.54 Å². The van der Waals surface area contributed by atoms with Crippen molar-refractivity contribution < 1.29 is 4.39 Å². The Hall–Kier alpha value is -1.87. The first-order valence-corrected chi connectivity index (χ1v) is 5.94. The van der Waals surface area contributed by atoms with Gasteiger partial charge in [-0.2, -0.15) is 0 Å². The van der Waals surface area contributed by atoms with Gasteiger partial charge >= 0.3 is 0 Å². The Bertz CT molecular complexity index is 508. The number of nitrogens with one attached hydrogen (secondary N) is 1. The van der Waals surface area contributed by atoms with Crippen molar-refractivity contribution in [1.29, 1.82) is 0 Å². The van der Waals surface area contributed by atoms with Crippen molar-refractivity contribution in [2.75, 3.05) is 19.0 Å². The van der Waals surface area contributed by atoms with Gasteiger partial charge < -0.3 is 10.2 Å². The molecule has 0 heterocycles. The summed E-state index contributed by atoms with van der Waals surface area (Å²) in [4.78, 5) is 2.06. The highest BCUT2D eigenvalue weighted by atomic mass is 19.1. The monoisotopic (exact) mass is 244 g/mol. The molecule has 3 heteroatoms. The van der Waals surface area contributed by atoms with E-state index in [0.29, 0.717) is 0 Å². The highest BCUT2D eigenvalue weighted by Crippen LogP contribution is 2.26. The van der Waals surface area contributed by atoms with Gasteiger partial charge in [-0.25, -0.2) is 4.39 Å². The molecule has 0 aliphatic rings. The summed E-state index contributed by atoms with van der Waals surface area (Å²) in [7, 11) is 3.91. The minimum atomic E-state index is -0.212. The molecule has 18 heavy (non-hydrogen) atoms. The molecule has 94 valence electrons. The lowest BCUT2D eigenvalue weighted by Crippen LogP contribution is -2.14. The third-order valence-corrected chi connectivity index (χ3v) is 2.93. The first-order chi connectivity index (χ1) is 8.72. The zero-order valence-electron chi connectivity index (χ0n) is 10.7. The average molecular weight is 244 g/mol. The summed E-state index contributed by atoms with van der Waals surface area (Å²) in [5.74, 6) is -0.212. The van der Waals surface area contributed by atoms with Gasteiger partial charge in [0.05, 0.1) is 0 Å². The van der Waals surface area contributed by atoms with Gasteiger partial charge in [-0.05, 0) is 42.9 Å². The van der Waals surface area contributed by atoms with E-state index in [1.165, 1.54) is 17.7 Å². The molecule has 0 aromatic heterocycles. The summed E-state index contributed by atoms with van der Waals surface area (Å²) in [5, 5.41) is 3.15. The van der Waals surface area contributed by atoms with E-state index in [4.69, 9.17) is 0 Å². The van der Waals surface area contributed by atoms with E-state index in [1.54, 1.807) is 12.1 Å². The summed E-state index contributed by atoms with van der Waals surface area (Å²) in [5.41, 5.74) is 3.31. The van der Waals surface area contributed by atoms with Crippen molar-refractivity contribution in [2.24, 2.45) is 0 Å². The molecule has 0 fully saturated rings. The zero-order valence-corrected chi connectivity index (χ0v) is 10.7. The fourth-order valence-electron chi connectivity index (χ4n) is 1.98. The van der Waals surface area contributed by atoms with Crippen molar-refractivity contribution in [3.63, 3.8) is 0 Å². The van der Waals surface area contributed by atoms with Crippen LogP contribution in [-0.2, 0) is 6.54 Å². The molecule has 0 radical (unpaired) electrons. The molecular formula is C15H17FN2. The summed E-state index contributed by atoms with van der Waals surface area (Å²) in [6.07, 6.45) is 0. The highest BCUT2D eigenvalue weighted by Gasteiger charge is 2.08. The van der Waals surface area contributed by atoms with E-state index < -0.39 is 0 Å². The maximum Gasteiger partial charge on any atom is 0.123 e. The smallest absolute Gasteiger partial charge is 0.123 e. The van der Waals surface area contributed by atoms with E-state index in [9.17, 15) is 4.39 Å². The SMILES string of the molecule is CNCc1ccccc1N(C)c1ccc(F)cc1. The number of halogens is 1. The zero-order chi connectivity index (χ0) is 13.0. The van der Waals surface area contributed by atoms with Crippen LogP contribution in [0.25, 0.3) is 0 Å². The van der Waals surface area contributed by atoms with Crippen molar-refractivity contribution in [1.82, 2.24) is 5.32 Å². The van der Waals surface area contributed by atoms with Crippen LogP contribution in [0.4, 0.5) is 15.8 Å². The predicted molar refractivity (Wildman–Crippen MR) is 73.7 cm³/mol. The predicted octanol–water partition coefficient (Wildman–Crippen LogP) is 3.31. The number of hydrogen-bond donors (Lipinski definition) is 1. The molecule has 0 aliphatic carbocycles. The lowest BCUT2D eigenvalue weighted by atomic mass is 10.1. The molecular weight excluding hydrogens is 227 g/mol. The van der Waals surface area contributed by atoms with E-state index >= 15 is 0 Å². The summed E-state index contributed by atoms with van der Waals surface area (Å²) < 4.78 is 12.9. The van der Waals surface area contributed by atoms with E-state index in [0.717, 1.165) is 17.9 Å².